The first kappa shape index (κ1) is 31.3. The molecule has 35 heavy (non-hydrogen) atoms. The number of carbonyl (C=O) groups excluding carboxylic acids is 2. The molecule has 1 fully saturated rings. The highest BCUT2D eigenvalue weighted by atomic mass is 16.5. The van der Waals surface area contributed by atoms with Crippen LogP contribution in [0.3, 0.4) is 0 Å². The number of aliphatic hydroxyl groups excluding tert-OH is 3. The first-order chi connectivity index (χ1) is 16.6. The van der Waals surface area contributed by atoms with E-state index in [4.69, 9.17) is 9.47 Å². The van der Waals surface area contributed by atoms with Gasteiger partial charge in [0, 0.05) is 18.4 Å². The van der Waals surface area contributed by atoms with Gasteiger partial charge < -0.3 is 29.5 Å². The molecular weight excluding hydrogens is 452 g/mol. The van der Waals surface area contributed by atoms with E-state index < -0.39 is 30.4 Å². The molecule has 8 nitrogen and oxygen atoms in total. The van der Waals surface area contributed by atoms with Crippen LogP contribution in [0.2, 0.25) is 0 Å². The molecule has 3 N–H and O–H groups in total. The molecule has 0 aromatic heterocycles. The van der Waals surface area contributed by atoms with Crippen LogP contribution < -0.4 is 0 Å². The number of unbranched alkanes of at least 4 members (excludes halogenated alkanes) is 5. The molecule has 1 saturated heterocycles. The monoisotopic (exact) mass is 498 g/mol. The van der Waals surface area contributed by atoms with E-state index in [2.05, 4.69) is 4.74 Å². The van der Waals surface area contributed by atoms with Gasteiger partial charge in [0.05, 0.1) is 38.6 Å². The van der Waals surface area contributed by atoms with Crippen LogP contribution in [0.25, 0.3) is 0 Å². The van der Waals surface area contributed by atoms with Gasteiger partial charge in [0.25, 0.3) is 0 Å². The molecule has 0 unspecified atom stereocenters. The van der Waals surface area contributed by atoms with Crippen LogP contribution in [0.1, 0.15) is 78.6 Å². The fourth-order valence-electron chi connectivity index (χ4n) is 3.93. The van der Waals surface area contributed by atoms with Gasteiger partial charge in [-0.2, -0.15) is 0 Å². The summed E-state index contributed by atoms with van der Waals surface area (Å²) in [6.07, 6.45) is 9.25. The zero-order valence-electron chi connectivity index (χ0n) is 21.9. The number of aliphatic hydroxyl groups is 3. The van der Waals surface area contributed by atoms with E-state index in [0.29, 0.717) is 32.5 Å². The van der Waals surface area contributed by atoms with E-state index >= 15 is 0 Å². The number of hydrogen-bond acceptors (Lipinski definition) is 8. The average molecular weight is 499 g/mol. The second-order valence-corrected chi connectivity index (χ2v) is 9.69. The van der Waals surface area contributed by atoms with Gasteiger partial charge in [-0.15, -0.1) is 0 Å². The number of methoxy groups -OCH3 is 1. The molecule has 1 aliphatic heterocycles. The quantitative estimate of drug-likeness (QED) is 0.128. The van der Waals surface area contributed by atoms with Crippen molar-refractivity contribution in [2.45, 2.75) is 103 Å². The van der Waals surface area contributed by atoms with E-state index in [9.17, 15) is 24.9 Å². The Morgan fingerprint density at radius 3 is 2.37 bits per heavy atom. The maximum absolute atomic E-state index is 12.1. The second-order valence-electron chi connectivity index (χ2n) is 9.69. The van der Waals surface area contributed by atoms with Crippen molar-refractivity contribution < 1.29 is 39.1 Å². The minimum absolute atomic E-state index is 0.0196. The molecule has 0 bridgehead atoms. The summed E-state index contributed by atoms with van der Waals surface area (Å²) in [5.41, 5.74) is 0.723. The highest BCUT2D eigenvalue weighted by molar-refractivity contribution is 5.82. The predicted molar refractivity (Wildman–Crippen MR) is 134 cm³/mol. The lowest BCUT2D eigenvalue weighted by atomic mass is 9.87. The first-order valence-corrected chi connectivity index (χ1v) is 12.9. The lowest BCUT2D eigenvalue weighted by molar-refractivity contribution is -0.162. The number of rotatable bonds is 16. The zero-order valence-corrected chi connectivity index (χ0v) is 21.9. The summed E-state index contributed by atoms with van der Waals surface area (Å²) in [4.78, 5) is 23.1. The van der Waals surface area contributed by atoms with E-state index in [1.165, 1.54) is 13.2 Å². The highest BCUT2D eigenvalue weighted by Gasteiger charge is 2.37. The van der Waals surface area contributed by atoms with Crippen molar-refractivity contribution in [2.75, 3.05) is 20.3 Å². The molecule has 0 aromatic carbocycles. The van der Waals surface area contributed by atoms with Crippen molar-refractivity contribution in [1.82, 2.24) is 0 Å². The van der Waals surface area contributed by atoms with Gasteiger partial charge in [0.1, 0.15) is 6.10 Å². The van der Waals surface area contributed by atoms with Gasteiger partial charge in [-0.25, -0.2) is 4.79 Å². The standard InChI is InChI=1S/C27H46O8/c1-19(17-25(30)34-15-10-8-6-5-7-9-14-24(29)33-4)16-23-27(32)26(31)22(18-35-23)13-11-12-20(2)21(3)28/h11-12,17,20-23,26-28,31-32H,5-10,13-16,18H2,1-4H3/b12-11+,19-17+/t20-,21+,22+,23+,26-,27+/m1/s1. The second kappa shape index (κ2) is 17.7. The fraction of sp³-hybridized carbons (Fsp3) is 0.778. The van der Waals surface area contributed by atoms with E-state index in [0.717, 1.165) is 44.1 Å². The number of esters is 2. The van der Waals surface area contributed by atoms with Crippen molar-refractivity contribution in [1.29, 1.82) is 0 Å². The molecule has 0 aromatic rings. The Bertz CT molecular complexity index is 672. The Hall–Kier alpha value is -1.74. The molecule has 0 radical (unpaired) electrons. The minimum atomic E-state index is -1.04. The Morgan fingerprint density at radius 1 is 1.06 bits per heavy atom. The summed E-state index contributed by atoms with van der Waals surface area (Å²) < 4.78 is 15.7. The summed E-state index contributed by atoms with van der Waals surface area (Å²) in [5.74, 6) is -0.786. The lowest BCUT2D eigenvalue weighted by Crippen LogP contribution is -2.50. The molecule has 6 atom stereocenters. The molecule has 1 heterocycles. The summed E-state index contributed by atoms with van der Waals surface area (Å²) in [6.45, 7) is 6.10. The third-order valence-electron chi connectivity index (χ3n) is 6.51. The van der Waals surface area contributed by atoms with Crippen LogP contribution in [0.5, 0.6) is 0 Å². The summed E-state index contributed by atoms with van der Waals surface area (Å²) >= 11 is 0. The minimum Gasteiger partial charge on any atom is -0.469 e. The fourth-order valence-corrected chi connectivity index (χ4v) is 3.93. The maximum atomic E-state index is 12.1. The first-order valence-electron chi connectivity index (χ1n) is 12.9. The topological polar surface area (TPSA) is 123 Å². The molecule has 0 spiro atoms. The third-order valence-corrected chi connectivity index (χ3v) is 6.51. The predicted octanol–water partition coefficient (Wildman–Crippen LogP) is 3.47. The normalized spacial score (nSPS) is 24.8. The Morgan fingerprint density at radius 2 is 1.71 bits per heavy atom. The van der Waals surface area contributed by atoms with Crippen LogP contribution >= 0.6 is 0 Å². The van der Waals surface area contributed by atoms with Crippen molar-refractivity contribution in [3.63, 3.8) is 0 Å². The van der Waals surface area contributed by atoms with Crippen LogP contribution in [0.15, 0.2) is 23.8 Å². The van der Waals surface area contributed by atoms with Gasteiger partial charge in [-0.1, -0.05) is 50.3 Å². The molecule has 1 aliphatic rings. The molecular formula is C27H46O8. The lowest BCUT2D eigenvalue weighted by Gasteiger charge is -2.37. The summed E-state index contributed by atoms with van der Waals surface area (Å²) in [7, 11) is 1.40. The van der Waals surface area contributed by atoms with Crippen LogP contribution in [0, 0.1) is 11.8 Å². The third kappa shape index (κ3) is 13.2. The van der Waals surface area contributed by atoms with Gasteiger partial charge in [-0.3, -0.25) is 4.79 Å². The number of allylic oxidation sites excluding steroid dienone is 1. The van der Waals surface area contributed by atoms with Crippen molar-refractivity contribution in [3.8, 4) is 0 Å². The molecule has 202 valence electrons. The number of hydrogen-bond donors (Lipinski definition) is 3. The Balaban J connectivity index is 2.25. The highest BCUT2D eigenvalue weighted by Crippen LogP contribution is 2.27. The van der Waals surface area contributed by atoms with Gasteiger partial charge in [0.15, 0.2) is 0 Å². The number of carbonyl (C=O) groups is 2. The van der Waals surface area contributed by atoms with Gasteiger partial charge >= 0.3 is 11.9 Å². The van der Waals surface area contributed by atoms with Crippen LogP contribution in [0.4, 0.5) is 0 Å². The van der Waals surface area contributed by atoms with E-state index in [1.54, 1.807) is 13.8 Å². The molecule has 0 saturated carbocycles. The average Bonchev–Trinajstić information content (AvgIpc) is 2.81. The van der Waals surface area contributed by atoms with Crippen molar-refractivity contribution in [3.05, 3.63) is 23.8 Å². The Kier molecular flexibility index (Phi) is 15.8. The SMILES string of the molecule is COC(=O)CCCCCCCCOC(=O)/C=C(\C)C[C@@H]1OC[C@H](C/C=C/[C@@H](C)[C@H](C)O)[C@@H](O)[C@H]1O. The molecule has 8 heteroatoms. The Labute approximate surface area is 210 Å². The maximum Gasteiger partial charge on any atom is 0.330 e. The van der Waals surface area contributed by atoms with Crippen LogP contribution in [-0.2, 0) is 23.8 Å². The summed E-state index contributed by atoms with van der Waals surface area (Å²) in [6, 6.07) is 0. The molecule has 0 amide bonds. The molecule has 1 rings (SSSR count). The van der Waals surface area contributed by atoms with E-state index in [-0.39, 0.29) is 17.8 Å². The largest absolute Gasteiger partial charge is 0.469 e. The van der Waals surface area contributed by atoms with Crippen molar-refractivity contribution in [2.24, 2.45) is 11.8 Å². The number of ether oxygens (including phenoxy) is 3. The summed E-state index contributed by atoms with van der Waals surface area (Å²) in [5, 5.41) is 30.5. The van der Waals surface area contributed by atoms with Crippen molar-refractivity contribution >= 4 is 11.9 Å². The molecule has 0 aliphatic carbocycles. The van der Waals surface area contributed by atoms with E-state index in [1.807, 2.05) is 19.1 Å². The van der Waals surface area contributed by atoms with Gasteiger partial charge in [-0.05, 0) is 45.4 Å². The zero-order chi connectivity index (χ0) is 26.2. The van der Waals surface area contributed by atoms with Crippen LogP contribution in [-0.4, -0.2) is 72.0 Å². The van der Waals surface area contributed by atoms with Gasteiger partial charge in [0.2, 0.25) is 0 Å². The smallest absolute Gasteiger partial charge is 0.330 e.